The number of aromatic nitrogens is 5. The quantitative estimate of drug-likeness (QED) is 0.361. The molecule has 0 aliphatic carbocycles. The molecule has 27 heavy (non-hydrogen) atoms. The Kier molecular flexibility index (Phi) is 5.80. The first-order valence-corrected chi connectivity index (χ1v) is 9.58. The number of thioether (sulfide) groups is 1. The highest BCUT2D eigenvalue weighted by atomic mass is 32.2. The summed E-state index contributed by atoms with van der Waals surface area (Å²) >= 11 is 1.48. The highest BCUT2D eigenvalue weighted by Crippen LogP contribution is 2.17. The Bertz CT molecular complexity index is 1030. The summed E-state index contributed by atoms with van der Waals surface area (Å²) in [7, 11) is 0. The highest BCUT2D eigenvalue weighted by molar-refractivity contribution is 7.98. The lowest BCUT2D eigenvalue weighted by Gasteiger charge is -2.10. The third-order valence-electron chi connectivity index (χ3n) is 4.14. The van der Waals surface area contributed by atoms with Crippen LogP contribution in [0, 0.1) is 13.8 Å². The van der Waals surface area contributed by atoms with Crippen molar-refractivity contribution in [3.63, 3.8) is 0 Å². The van der Waals surface area contributed by atoms with Gasteiger partial charge >= 0.3 is 5.97 Å². The molecule has 0 spiro atoms. The standard InChI is InChI=1S/C18H19N5O3S/c1-11-13(12(2)20-18(19-11)27-3)8-9-16(24)26-10-23-17(25)14-6-4-5-7-15(14)21-22-23/h4-7H,8-10H2,1-3H3. The summed E-state index contributed by atoms with van der Waals surface area (Å²) < 4.78 is 6.22. The molecule has 1 aromatic carbocycles. The maximum absolute atomic E-state index is 12.3. The predicted octanol–water partition coefficient (Wildman–Crippen LogP) is 2.05. The van der Waals surface area contributed by atoms with Crippen LogP contribution in [0.25, 0.3) is 10.9 Å². The molecule has 3 rings (SSSR count). The fourth-order valence-electron chi connectivity index (χ4n) is 2.70. The minimum absolute atomic E-state index is 0.166. The van der Waals surface area contributed by atoms with Gasteiger partial charge in [0, 0.05) is 17.8 Å². The van der Waals surface area contributed by atoms with E-state index in [0.29, 0.717) is 22.5 Å². The van der Waals surface area contributed by atoms with Gasteiger partial charge in [-0.05, 0) is 44.2 Å². The molecule has 140 valence electrons. The van der Waals surface area contributed by atoms with Crippen LogP contribution in [0.4, 0.5) is 0 Å². The second-order valence-electron chi connectivity index (χ2n) is 5.92. The third-order valence-corrected chi connectivity index (χ3v) is 4.69. The zero-order chi connectivity index (χ0) is 19.4. The van der Waals surface area contributed by atoms with Crippen LogP contribution >= 0.6 is 11.8 Å². The number of benzene rings is 1. The third kappa shape index (κ3) is 4.30. The van der Waals surface area contributed by atoms with E-state index in [4.69, 9.17) is 4.74 Å². The van der Waals surface area contributed by atoms with E-state index in [-0.39, 0.29) is 18.7 Å². The van der Waals surface area contributed by atoms with Crippen LogP contribution < -0.4 is 5.56 Å². The summed E-state index contributed by atoms with van der Waals surface area (Å²) in [6.07, 6.45) is 2.56. The van der Waals surface area contributed by atoms with Gasteiger partial charge in [-0.1, -0.05) is 29.1 Å². The van der Waals surface area contributed by atoms with Crippen molar-refractivity contribution in [2.24, 2.45) is 0 Å². The van der Waals surface area contributed by atoms with Gasteiger partial charge in [-0.2, -0.15) is 4.68 Å². The summed E-state index contributed by atoms with van der Waals surface area (Å²) in [6, 6.07) is 6.89. The Morgan fingerprint density at radius 2 is 1.89 bits per heavy atom. The number of rotatable bonds is 6. The van der Waals surface area contributed by atoms with Crippen molar-refractivity contribution < 1.29 is 9.53 Å². The summed E-state index contributed by atoms with van der Waals surface area (Å²) in [4.78, 5) is 33.2. The number of nitrogens with zero attached hydrogens (tertiary/aromatic N) is 5. The number of fused-ring (bicyclic) bond motifs is 1. The first-order valence-electron chi connectivity index (χ1n) is 8.36. The number of carbonyl (C=O) groups is 1. The summed E-state index contributed by atoms with van der Waals surface area (Å²) in [5.74, 6) is -0.426. The fourth-order valence-corrected chi connectivity index (χ4v) is 3.16. The van der Waals surface area contributed by atoms with Crippen LogP contribution in [-0.2, 0) is 22.7 Å². The van der Waals surface area contributed by atoms with Crippen LogP contribution in [-0.4, -0.2) is 37.2 Å². The van der Waals surface area contributed by atoms with E-state index in [0.717, 1.165) is 21.6 Å². The van der Waals surface area contributed by atoms with Crippen molar-refractivity contribution in [2.45, 2.75) is 38.6 Å². The molecule has 0 aliphatic rings. The number of aryl methyl sites for hydroxylation is 2. The van der Waals surface area contributed by atoms with E-state index >= 15 is 0 Å². The van der Waals surface area contributed by atoms with Crippen molar-refractivity contribution in [1.29, 1.82) is 0 Å². The van der Waals surface area contributed by atoms with Crippen LogP contribution in [0.1, 0.15) is 23.4 Å². The van der Waals surface area contributed by atoms with Crippen molar-refractivity contribution >= 4 is 28.6 Å². The van der Waals surface area contributed by atoms with Crippen LogP contribution in [0.2, 0.25) is 0 Å². The zero-order valence-corrected chi connectivity index (χ0v) is 16.1. The van der Waals surface area contributed by atoms with Crippen molar-refractivity contribution in [2.75, 3.05) is 6.26 Å². The topological polar surface area (TPSA) is 99.9 Å². The van der Waals surface area contributed by atoms with Gasteiger partial charge in [0.05, 0.1) is 5.39 Å². The van der Waals surface area contributed by atoms with Crippen LogP contribution in [0.3, 0.4) is 0 Å². The van der Waals surface area contributed by atoms with Gasteiger partial charge in [-0.3, -0.25) is 9.59 Å². The van der Waals surface area contributed by atoms with Gasteiger partial charge in [-0.15, -0.1) is 5.10 Å². The Hall–Kier alpha value is -2.81. The molecular weight excluding hydrogens is 366 g/mol. The molecule has 2 heterocycles. The molecule has 0 fully saturated rings. The lowest BCUT2D eigenvalue weighted by molar-refractivity contribution is -0.148. The Morgan fingerprint density at radius 3 is 2.59 bits per heavy atom. The molecular formula is C18H19N5O3S. The second-order valence-corrected chi connectivity index (χ2v) is 6.69. The molecule has 0 saturated heterocycles. The van der Waals surface area contributed by atoms with Gasteiger partial charge in [0.25, 0.3) is 5.56 Å². The van der Waals surface area contributed by atoms with E-state index in [1.807, 2.05) is 20.1 Å². The molecule has 2 aromatic heterocycles. The SMILES string of the molecule is CSc1nc(C)c(CCC(=O)OCn2nnc3ccccc3c2=O)c(C)n1. The molecule has 0 N–H and O–H groups in total. The number of hydrogen-bond donors (Lipinski definition) is 0. The van der Waals surface area contributed by atoms with E-state index in [1.165, 1.54) is 11.8 Å². The van der Waals surface area contributed by atoms with Crippen LogP contribution in [0.5, 0.6) is 0 Å². The number of hydrogen-bond acceptors (Lipinski definition) is 8. The molecule has 0 radical (unpaired) electrons. The largest absolute Gasteiger partial charge is 0.442 e. The molecule has 0 saturated carbocycles. The van der Waals surface area contributed by atoms with Crippen molar-refractivity contribution in [3.8, 4) is 0 Å². The maximum Gasteiger partial charge on any atom is 0.307 e. The van der Waals surface area contributed by atoms with Gasteiger partial charge in [0.15, 0.2) is 11.9 Å². The van der Waals surface area contributed by atoms with Gasteiger partial charge in [-0.25, -0.2) is 9.97 Å². The molecule has 3 aromatic rings. The van der Waals surface area contributed by atoms with Crippen LogP contribution in [0.15, 0.2) is 34.2 Å². The first kappa shape index (κ1) is 19.0. The van der Waals surface area contributed by atoms with Gasteiger partial charge in [0.2, 0.25) is 0 Å². The Balaban J connectivity index is 1.63. The van der Waals surface area contributed by atoms with Gasteiger partial charge < -0.3 is 4.74 Å². The maximum atomic E-state index is 12.3. The molecule has 0 bridgehead atoms. The lowest BCUT2D eigenvalue weighted by atomic mass is 10.1. The van der Waals surface area contributed by atoms with Crippen molar-refractivity contribution in [1.82, 2.24) is 25.0 Å². The van der Waals surface area contributed by atoms with Crippen molar-refractivity contribution in [3.05, 3.63) is 51.6 Å². The van der Waals surface area contributed by atoms with E-state index in [1.54, 1.807) is 24.3 Å². The molecule has 0 unspecified atom stereocenters. The molecule has 0 aliphatic heterocycles. The summed E-state index contributed by atoms with van der Waals surface area (Å²) in [5, 5.41) is 8.90. The molecule has 8 nitrogen and oxygen atoms in total. The second kappa shape index (κ2) is 8.26. The summed E-state index contributed by atoms with van der Waals surface area (Å²) in [5.41, 5.74) is 2.81. The van der Waals surface area contributed by atoms with E-state index in [2.05, 4.69) is 20.3 Å². The number of carbonyl (C=O) groups excluding carboxylic acids is 1. The highest BCUT2D eigenvalue weighted by Gasteiger charge is 2.12. The number of ether oxygens (including phenoxy) is 1. The smallest absolute Gasteiger partial charge is 0.307 e. The predicted molar refractivity (Wildman–Crippen MR) is 101 cm³/mol. The fraction of sp³-hybridized carbons (Fsp3) is 0.333. The first-order chi connectivity index (χ1) is 13.0. The van der Waals surface area contributed by atoms with Gasteiger partial charge in [0.1, 0.15) is 5.52 Å². The minimum atomic E-state index is -0.426. The average Bonchev–Trinajstić information content (AvgIpc) is 2.66. The van der Waals surface area contributed by atoms with E-state index < -0.39 is 5.97 Å². The minimum Gasteiger partial charge on any atom is -0.442 e. The Labute approximate surface area is 160 Å². The lowest BCUT2D eigenvalue weighted by Crippen LogP contribution is -2.26. The summed E-state index contributed by atoms with van der Waals surface area (Å²) in [6.45, 7) is 3.54. The monoisotopic (exact) mass is 385 g/mol. The molecule has 0 amide bonds. The average molecular weight is 385 g/mol. The zero-order valence-electron chi connectivity index (χ0n) is 15.3. The molecule has 9 heteroatoms. The molecule has 0 atom stereocenters. The number of esters is 1. The normalized spacial score (nSPS) is 10.9. The van der Waals surface area contributed by atoms with E-state index in [9.17, 15) is 9.59 Å². The Morgan fingerprint density at radius 1 is 1.19 bits per heavy atom.